The first-order valence-corrected chi connectivity index (χ1v) is 10.3. The lowest BCUT2D eigenvalue weighted by Gasteiger charge is -2.29. The average molecular weight is 397 g/mol. The van der Waals surface area contributed by atoms with Gasteiger partial charge in [0.25, 0.3) is 5.91 Å². The van der Waals surface area contributed by atoms with Gasteiger partial charge in [-0.05, 0) is 49.9 Å². The van der Waals surface area contributed by atoms with E-state index < -0.39 is 6.04 Å². The predicted molar refractivity (Wildman–Crippen MR) is 116 cm³/mol. The van der Waals surface area contributed by atoms with Crippen molar-refractivity contribution in [3.8, 4) is 5.75 Å². The highest BCUT2D eigenvalue weighted by Crippen LogP contribution is 2.15. The summed E-state index contributed by atoms with van der Waals surface area (Å²) in [7, 11) is 0. The number of carbonyl (C=O) groups is 2. The minimum absolute atomic E-state index is 0.108. The highest BCUT2D eigenvalue weighted by atomic mass is 16.5. The van der Waals surface area contributed by atoms with Gasteiger partial charge in [0, 0.05) is 13.1 Å². The quantitative estimate of drug-likeness (QED) is 0.663. The average Bonchev–Trinajstić information content (AvgIpc) is 2.74. The van der Waals surface area contributed by atoms with Gasteiger partial charge in [-0.1, -0.05) is 55.8 Å². The molecule has 2 aromatic carbocycles. The lowest BCUT2D eigenvalue weighted by Crippen LogP contribution is -2.49. The zero-order chi connectivity index (χ0) is 21.2. The van der Waals surface area contributed by atoms with Gasteiger partial charge in [-0.2, -0.15) is 0 Å². The Kier molecular flexibility index (Phi) is 8.71. The zero-order valence-electron chi connectivity index (χ0n) is 17.9. The van der Waals surface area contributed by atoms with Crippen LogP contribution in [0.25, 0.3) is 0 Å². The molecule has 1 N–H and O–H groups in total. The van der Waals surface area contributed by atoms with Crippen molar-refractivity contribution in [1.29, 1.82) is 0 Å². The van der Waals surface area contributed by atoms with Crippen LogP contribution in [-0.2, 0) is 22.6 Å². The summed E-state index contributed by atoms with van der Waals surface area (Å²) in [5.74, 6) is 0.277. The summed E-state index contributed by atoms with van der Waals surface area (Å²) in [5.41, 5.74) is 3.32. The van der Waals surface area contributed by atoms with E-state index in [2.05, 4.69) is 12.2 Å². The molecule has 0 fully saturated rings. The monoisotopic (exact) mass is 396 g/mol. The topological polar surface area (TPSA) is 58.6 Å². The van der Waals surface area contributed by atoms with Crippen molar-refractivity contribution in [2.24, 2.45) is 0 Å². The molecule has 0 saturated carbocycles. The Balaban J connectivity index is 2.11. The van der Waals surface area contributed by atoms with Crippen LogP contribution in [-0.4, -0.2) is 35.9 Å². The summed E-state index contributed by atoms with van der Waals surface area (Å²) in [5, 5.41) is 2.88. The molecule has 0 aliphatic heterocycles. The van der Waals surface area contributed by atoms with Crippen molar-refractivity contribution in [3.05, 3.63) is 65.2 Å². The molecule has 0 unspecified atom stereocenters. The molecule has 29 heavy (non-hydrogen) atoms. The second-order valence-corrected chi connectivity index (χ2v) is 7.26. The molecule has 2 amide bonds. The molecule has 5 heteroatoms. The number of carbonyl (C=O) groups excluding carboxylic acids is 2. The molecular weight excluding hydrogens is 364 g/mol. The van der Waals surface area contributed by atoms with Crippen molar-refractivity contribution >= 4 is 11.8 Å². The molecule has 1 atom stereocenters. The van der Waals surface area contributed by atoms with Crippen molar-refractivity contribution in [2.75, 3.05) is 13.2 Å². The summed E-state index contributed by atoms with van der Waals surface area (Å²) >= 11 is 0. The molecule has 2 aromatic rings. The molecule has 0 bridgehead atoms. The summed E-state index contributed by atoms with van der Waals surface area (Å²) in [6.07, 6.45) is 1.80. The highest BCUT2D eigenvalue weighted by Gasteiger charge is 2.26. The van der Waals surface area contributed by atoms with Crippen LogP contribution in [0.15, 0.2) is 48.5 Å². The number of aryl methyl sites for hydroxylation is 2. The Morgan fingerprint density at radius 1 is 1.07 bits per heavy atom. The molecule has 0 spiro atoms. The number of nitrogens with zero attached hydrogens (tertiary/aromatic N) is 1. The normalized spacial score (nSPS) is 11.6. The lowest BCUT2D eigenvalue weighted by atomic mass is 10.1. The molecule has 0 aliphatic carbocycles. The molecule has 5 nitrogen and oxygen atoms in total. The second kappa shape index (κ2) is 11.2. The van der Waals surface area contributed by atoms with Gasteiger partial charge in [-0.3, -0.25) is 9.59 Å². The van der Waals surface area contributed by atoms with Gasteiger partial charge in [0.05, 0.1) is 0 Å². The van der Waals surface area contributed by atoms with Gasteiger partial charge < -0.3 is 15.0 Å². The third-order valence-corrected chi connectivity index (χ3v) is 4.85. The van der Waals surface area contributed by atoms with E-state index in [-0.39, 0.29) is 18.4 Å². The maximum Gasteiger partial charge on any atom is 0.261 e. The number of amides is 2. The van der Waals surface area contributed by atoms with Crippen LogP contribution in [0.2, 0.25) is 0 Å². The van der Waals surface area contributed by atoms with Crippen LogP contribution in [0, 0.1) is 6.92 Å². The number of ether oxygens (including phenoxy) is 1. The lowest BCUT2D eigenvalue weighted by molar-refractivity contribution is -0.142. The molecular formula is C24H32N2O3. The largest absolute Gasteiger partial charge is 0.484 e. The third-order valence-electron chi connectivity index (χ3n) is 4.85. The van der Waals surface area contributed by atoms with Crippen LogP contribution in [0.3, 0.4) is 0 Å². The van der Waals surface area contributed by atoms with Gasteiger partial charge in [0.15, 0.2) is 6.61 Å². The fourth-order valence-electron chi connectivity index (χ4n) is 3.04. The Morgan fingerprint density at radius 2 is 1.79 bits per heavy atom. The molecule has 0 saturated heterocycles. The van der Waals surface area contributed by atoms with E-state index in [1.165, 1.54) is 5.56 Å². The van der Waals surface area contributed by atoms with Gasteiger partial charge in [-0.25, -0.2) is 0 Å². The first-order valence-electron chi connectivity index (χ1n) is 10.3. The second-order valence-electron chi connectivity index (χ2n) is 7.26. The van der Waals surface area contributed by atoms with Crippen LogP contribution < -0.4 is 10.1 Å². The van der Waals surface area contributed by atoms with Crippen LogP contribution in [0.4, 0.5) is 0 Å². The maximum atomic E-state index is 13.0. The van der Waals surface area contributed by atoms with Crippen LogP contribution >= 0.6 is 0 Å². The van der Waals surface area contributed by atoms with Crippen molar-refractivity contribution in [2.45, 2.75) is 53.1 Å². The molecule has 0 aromatic heterocycles. The maximum absolute atomic E-state index is 13.0. The number of rotatable bonds is 10. The molecule has 0 heterocycles. The van der Waals surface area contributed by atoms with Crippen LogP contribution in [0.1, 0.15) is 43.9 Å². The summed E-state index contributed by atoms with van der Waals surface area (Å²) in [6, 6.07) is 15.1. The highest BCUT2D eigenvalue weighted by molar-refractivity contribution is 5.87. The number of nitrogens with one attached hydrogen (secondary N) is 1. The minimum Gasteiger partial charge on any atom is -0.484 e. The van der Waals surface area contributed by atoms with E-state index in [1.54, 1.807) is 11.8 Å². The minimum atomic E-state index is -0.583. The van der Waals surface area contributed by atoms with Gasteiger partial charge in [0.1, 0.15) is 11.8 Å². The van der Waals surface area contributed by atoms with E-state index in [0.29, 0.717) is 18.8 Å². The zero-order valence-corrected chi connectivity index (χ0v) is 17.9. The Bertz CT molecular complexity index is 802. The van der Waals surface area contributed by atoms with Gasteiger partial charge >= 0.3 is 0 Å². The van der Waals surface area contributed by atoms with E-state index in [9.17, 15) is 9.59 Å². The number of hydrogen-bond acceptors (Lipinski definition) is 3. The molecule has 0 radical (unpaired) electrons. The fourth-order valence-corrected chi connectivity index (χ4v) is 3.04. The number of hydrogen-bond donors (Lipinski definition) is 1. The first kappa shape index (κ1) is 22.5. The molecule has 2 rings (SSSR count). The standard InChI is InChI=1S/C24H32N2O3/c1-5-14-25-24(28)19(4)26(16-21-9-7-8-18(3)15-21)23(27)17-29-22-12-10-20(6-2)11-13-22/h7-13,15,19H,5-6,14,16-17H2,1-4H3,(H,25,28)/t19-/m1/s1. The summed E-state index contributed by atoms with van der Waals surface area (Å²) < 4.78 is 5.70. The van der Waals surface area contributed by atoms with Crippen molar-refractivity contribution < 1.29 is 14.3 Å². The summed E-state index contributed by atoms with van der Waals surface area (Å²) in [6.45, 7) is 8.70. The Hall–Kier alpha value is -2.82. The molecule has 0 aliphatic rings. The predicted octanol–water partition coefficient (Wildman–Crippen LogP) is 3.88. The first-order chi connectivity index (χ1) is 13.9. The number of benzene rings is 2. The van der Waals surface area contributed by atoms with E-state index in [0.717, 1.165) is 24.0 Å². The van der Waals surface area contributed by atoms with Crippen molar-refractivity contribution in [1.82, 2.24) is 10.2 Å². The summed E-state index contributed by atoms with van der Waals surface area (Å²) in [4.78, 5) is 27.1. The van der Waals surface area contributed by atoms with Crippen LogP contribution in [0.5, 0.6) is 5.75 Å². The SMILES string of the molecule is CCCNC(=O)[C@@H](C)N(Cc1cccc(C)c1)C(=O)COc1ccc(CC)cc1. The molecule has 156 valence electrons. The van der Waals surface area contributed by atoms with E-state index >= 15 is 0 Å². The van der Waals surface area contributed by atoms with Gasteiger partial charge in [0.2, 0.25) is 5.91 Å². The Morgan fingerprint density at radius 3 is 2.41 bits per heavy atom. The fraction of sp³-hybridized carbons (Fsp3) is 0.417. The Labute approximate surface area is 174 Å². The van der Waals surface area contributed by atoms with E-state index in [1.807, 2.05) is 62.4 Å². The van der Waals surface area contributed by atoms with Gasteiger partial charge in [-0.15, -0.1) is 0 Å². The van der Waals surface area contributed by atoms with Crippen molar-refractivity contribution in [3.63, 3.8) is 0 Å². The smallest absolute Gasteiger partial charge is 0.261 e. The third kappa shape index (κ3) is 6.93. The van der Waals surface area contributed by atoms with E-state index in [4.69, 9.17) is 4.74 Å².